The number of hydrogen-bond acceptors (Lipinski definition) is 3. The predicted octanol–water partition coefficient (Wildman–Crippen LogP) is 2.33. The van der Waals surface area contributed by atoms with E-state index in [0.717, 1.165) is 25.7 Å². The van der Waals surface area contributed by atoms with Crippen molar-refractivity contribution < 1.29 is 9.90 Å². The van der Waals surface area contributed by atoms with Gasteiger partial charge < -0.3 is 10.0 Å². The molecular weight excluding hydrogens is 240 g/mol. The van der Waals surface area contributed by atoms with Crippen LogP contribution < -0.4 is 0 Å². The van der Waals surface area contributed by atoms with Crippen molar-refractivity contribution in [3.63, 3.8) is 0 Å². The van der Waals surface area contributed by atoms with Gasteiger partial charge in [-0.3, -0.25) is 4.79 Å². The van der Waals surface area contributed by atoms with E-state index in [2.05, 4.69) is 6.07 Å². The molecule has 1 aliphatic rings. The van der Waals surface area contributed by atoms with Crippen molar-refractivity contribution in [2.45, 2.75) is 58.5 Å². The molecule has 1 aliphatic carbocycles. The van der Waals surface area contributed by atoms with Crippen molar-refractivity contribution in [2.75, 3.05) is 13.6 Å². The van der Waals surface area contributed by atoms with Gasteiger partial charge in [0.1, 0.15) is 5.41 Å². The van der Waals surface area contributed by atoms with E-state index in [-0.39, 0.29) is 12.0 Å². The lowest BCUT2D eigenvalue weighted by atomic mass is 9.78. The van der Waals surface area contributed by atoms with E-state index in [4.69, 9.17) is 0 Å². The van der Waals surface area contributed by atoms with Crippen LogP contribution in [-0.2, 0) is 4.79 Å². The van der Waals surface area contributed by atoms with Gasteiger partial charge in [-0.15, -0.1) is 0 Å². The minimum atomic E-state index is -0.847. The minimum Gasteiger partial charge on any atom is -0.393 e. The Labute approximate surface area is 116 Å². The van der Waals surface area contributed by atoms with Gasteiger partial charge >= 0.3 is 0 Å². The zero-order valence-corrected chi connectivity index (χ0v) is 12.4. The van der Waals surface area contributed by atoms with Crippen molar-refractivity contribution in [2.24, 2.45) is 11.3 Å². The van der Waals surface area contributed by atoms with E-state index in [1.165, 1.54) is 0 Å². The normalized spacial score (nSPS) is 22.5. The molecule has 1 rings (SSSR count). The largest absolute Gasteiger partial charge is 0.393 e. The van der Waals surface area contributed by atoms with Gasteiger partial charge in [0.05, 0.1) is 12.2 Å². The quantitative estimate of drug-likeness (QED) is 0.769. The number of nitriles is 1. The van der Waals surface area contributed by atoms with Gasteiger partial charge in [-0.2, -0.15) is 5.26 Å². The lowest BCUT2D eigenvalue weighted by molar-refractivity contribution is -0.140. The summed E-state index contributed by atoms with van der Waals surface area (Å²) in [6.07, 6.45) is 4.31. The summed E-state index contributed by atoms with van der Waals surface area (Å²) in [4.78, 5) is 14.3. The molecule has 0 radical (unpaired) electrons. The van der Waals surface area contributed by atoms with Crippen LogP contribution in [0.1, 0.15) is 52.4 Å². The van der Waals surface area contributed by atoms with Gasteiger partial charge in [0.2, 0.25) is 5.91 Å². The smallest absolute Gasteiger partial charge is 0.242 e. The standard InChI is InChI=1S/C15H26N2O2/c1-4-6-15(11-16,7-5-2)14(19)17(3)10-12-8-13(18)9-12/h12-13,18H,4-10H2,1-3H3. The third kappa shape index (κ3) is 3.70. The second-order valence-corrected chi connectivity index (χ2v) is 5.87. The van der Waals surface area contributed by atoms with E-state index < -0.39 is 5.41 Å². The van der Waals surface area contributed by atoms with Crippen LogP contribution in [0, 0.1) is 22.7 Å². The first-order chi connectivity index (χ1) is 8.99. The molecule has 0 aromatic heterocycles. The number of aliphatic hydroxyl groups excluding tert-OH is 1. The molecule has 4 heteroatoms. The van der Waals surface area contributed by atoms with Crippen molar-refractivity contribution in [1.82, 2.24) is 4.90 Å². The Hall–Kier alpha value is -1.08. The highest BCUT2D eigenvalue weighted by atomic mass is 16.3. The second kappa shape index (κ2) is 6.91. The predicted molar refractivity (Wildman–Crippen MR) is 74.2 cm³/mol. The fraction of sp³-hybridized carbons (Fsp3) is 0.867. The summed E-state index contributed by atoms with van der Waals surface area (Å²) in [6, 6.07) is 2.28. The maximum atomic E-state index is 12.6. The summed E-state index contributed by atoms with van der Waals surface area (Å²) in [6.45, 7) is 4.68. The minimum absolute atomic E-state index is 0.0416. The molecular formula is C15H26N2O2. The van der Waals surface area contributed by atoms with Gasteiger partial charge in [0.15, 0.2) is 0 Å². The van der Waals surface area contributed by atoms with Crippen LogP contribution in [0.15, 0.2) is 0 Å². The van der Waals surface area contributed by atoms with E-state index in [9.17, 15) is 15.2 Å². The molecule has 0 heterocycles. The molecule has 1 N–H and O–H groups in total. The highest BCUT2D eigenvalue weighted by Crippen LogP contribution is 2.33. The first-order valence-corrected chi connectivity index (χ1v) is 7.34. The topological polar surface area (TPSA) is 64.3 Å². The number of carbonyl (C=O) groups excluding carboxylic acids is 1. The Kier molecular flexibility index (Phi) is 5.81. The third-order valence-corrected chi connectivity index (χ3v) is 4.07. The molecule has 0 spiro atoms. The van der Waals surface area contributed by atoms with Crippen LogP contribution in [0.2, 0.25) is 0 Å². The first-order valence-electron chi connectivity index (χ1n) is 7.34. The molecule has 0 saturated heterocycles. The van der Waals surface area contributed by atoms with Gasteiger partial charge in [-0.1, -0.05) is 26.7 Å². The fourth-order valence-corrected chi connectivity index (χ4v) is 3.04. The Morgan fingerprint density at radius 3 is 2.26 bits per heavy atom. The molecule has 0 bridgehead atoms. The first kappa shape index (κ1) is 16.0. The number of aliphatic hydroxyl groups is 1. The summed E-state index contributed by atoms with van der Waals surface area (Å²) in [5, 5.41) is 18.8. The molecule has 0 unspecified atom stereocenters. The molecule has 0 aromatic rings. The second-order valence-electron chi connectivity index (χ2n) is 5.87. The van der Waals surface area contributed by atoms with E-state index in [0.29, 0.717) is 25.3 Å². The number of rotatable bonds is 7. The highest BCUT2D eigenvalue weighted by Gasteiger charge is 2.40. The molecule has 0 aromatic carbocycles. The van der Waals surface area contributed by atoms with Gasteiger partial charge in [0, 0.05) is 13.6 Å². The van der Waals surface area contributed by atoms with Crippen molar-refractivity contribution >= 4 is 5.91 Å². The van der Waals surface area contributed by atoms with Gasteiger partial charge in [-0.25, -0.2) is 0 Å². The Bertz CT molecular complexity index is 337. The average Bonchev–Trinajstić information content (AvgIpc) is 2.35. The summed E-state index contributed by atoms with van der Waals surface area (Å²) in [5.41, 5.74) is -0.847. The zero-order chi connectivity index (χ0) is 14.5. The molecule has 0 atom stereocenters. The van der Waals surface area contributed by atoms with E-state index in [1.54, 1.807) is 11.9 Å². The molecule has 1 saturated carbocycles. The third-order valence-electron chi connectivity index (χ3n) is 4.07. The van der Waals surface area contributed by atoms with Crippen LogP contribution in [0.5, 0.6) is 0 Å². The van der Waals surface area contributed by atoms with Gasteiger partial charge in [-0.05, 0) is 31.6 Å². The highest BCUT2D eigenvalue weighted by molar-refractivity contribution is 5.85. The Morgan fingerprint density at radius 2 is 1.89 bits per heavy atom. The van der Waals surface area contributed by atoms with Crippen molar-refractivity contribution in [1.29, 1.82) is 5.26 Å². The maximum absolute atomic E-state index is 12.6. The summed E-state index contributed by atoms with van der Waals surface area (Å²) < 4.78 is 0. The molecule has 0 aliphatic heterocycles. The number of nitrogens with zero attached hydrogens (tertiary/aromatic N) is 2. The molecule has 1 amide bonds. The van der Waals surface area contributed by atoms with Crippen LogP contribution in [0.3, 0.4) is 0 Å². The number of carbonyl (C=O) groups is 1. The number of hydrogen-bond donors (Lipinski definition) is 1. The fourth-order valence-electron chi connectivity index (χ4n) is 3.04. The van der Waals surface area contributed by atoms with Crippen LogP contribution >= 0.6 is 0 Å². The van der Waals surface area contributed by atoms with E-state index in [1.807, 2.05) is 13.8 Å². The SMILES string of the molecule is CCCC(C#N)(CCC)C(=O)N(C)CC1CC(O)C1. The Balaban J connectivity index is 2.67. The summed E-state index contributed by atoms with van der Waals surface area (Å²) in [7, 11) is 1.78. The van der Waals surface area contributed by atoms with Gasteiger partial charge in [0.25, 0.3) is 0 Å². The monoisotopic (exact) mass is 266 g/mol. The average molecular weight is 266 g/mol. The zero-order valence-electron chi connectivity index (χ0n) is 12.4. The van der Waals surface area contributed by atoms with Crippen molar-refractivity contribution in [3.8, 4) is 6.07 Å². The maximum Gasteiger partial charge on any atom is 0.242 e. The summed E-state index contributed by atoms with van der Waals surface area (Å²) >= 11 is 0. The van der Waals surface area contributed by atoms with Crippen LogP contribution in [0.4, 0.5) is 0 Å². The summed E-state index contributed by atoms with van der Waals surface area (Å²) in [5.74, 6) is 0.351. The molecule has 108 valence electrons. The van der Waals surface area contributed by atoms with Crippen LogP contribution in [0.25, 0.3) is 0 Å². The Morgan fingerprint density at radius 1 is 1.37 bits per heavy atom. The lowest BCUT2D eigenvalue weighted by Crippen LogP contribution is -2.46. The molecule has 1 fully saturated rings. The van der Waals surface area contributed by atoms with E-state index >= 15 is 0 Å². The number of amides is 1. The molecule has 19 heavy (non-hydrogen) atoms. The lowest BCUT2D eigenvalue weighted by Gasteiger charge is -2.37. The van der Waals surface area contributed by atoms with Crippen molar-refractivity contribution in [3.05, 3.63) is 0 Å². The van der Waals surface area contributed by atoms with Crippen LogP contribution in [-0.4, -0.2) is 35.6 Å². The molecule has 4 nitrogen and oxygen atoms in total.